The topological polar surface area (TPSA) is 79.6 Å². The lowest BCUT2D eigenvalue weighted by Crippen LogP contribution is -2.48. The molecule has 2 unspecified atom stereocenters. The van der Waals surface area contributed by atoms with Gasteiger partial charge in [-0.05, 0) is 31.2 Å². The van der Waals surface area contributed by atoms with Gasteiger partial charge in [0.25, 0.3) is 5.91 Å². The summed E-state index contributed by atoms with van der Waals surface area (Å²) in [7, 11) is 0. The number of hydrogen-bond acceptors (Lipinski definition) is 5. The maximum Gasteiger partial charge on any atom is 0.255 e. The summed E-state index contributed by atoms with van der Waals surface area (Å²) >= 11 is 1.58. The Morgan fingerprint density at radius 3 is 2.74 bits per heavy atom. The van der Waals surface area contributed by atoms with E-state index in [0.29, 0.717) is 23.0 Å². The van der Waals surface area contributed by atoms with E-state index in [1.165, 1.54) is 0 Å². The van der Waals surface area contributed by atoms with Crippen molar-refractivity contribution in [2.75, 3.05) is 11.6 Å². The molecule has 7 nitrogen and oxygen atoms in total. The molecule has 3 aromatic rings. The zero-order chi connectivity index (χ0) is 18.8. The highest BCUT2D eigenvalue weighted by Gasteiger charge is 2.35. The molecule has 2 aromatic heterocycles. The first-order valence-corrected chi connectivity index (χ1v) is 9.84. The SMILES string of the molecule is CC(NC(=O)C1CSCN1C(=O)c1ccccc1)c1nnc2ccccn12. The molecule has 2 atom stereocenters. The number of benzene rings is 1. The van der Waals surface area contributed by atoms with Crippen molar-refractivity contribution in [1.29, 1.82) is 0 Å². The van der Waals surface area contributed by atoms with Crippen LogP contribution in [0.4, 0.5) is 0 Å². The van der Waals surface area contributed by atoms with Gasteiger partial charge in [0.05, 0.1) is 11.9 Å². The summed E-state index contributed by atoms with van der Waals surface area (Å²) in [6, 6.07) is 13.9. The largest absolute Gasteiger partial charge is 0.345 e. The number of fused-ring (bicyclic) bond motifs is 1. The Kier molecular flexibility index (Phi) is 4.81. The first-order chi connectivity index (χ1) is 13.1. The van der Waals surface area contributed by atoms with Gasteiger partial charge in [-0.25, -0.2) is 0 Å². The van der Waals surface area contributed by atoms with Crippen molar-refractivity contribution < 1.29 is 9.59 Å². The van der Waals surface area contributed by atoms with Crippen molar-refractivity contribution in [1.82, 2.24) is 24.8 Å². The van der Waals surface area contributed by atoms with E-state index in [9.17, 15) is 9.59 Å². The Labute approximate surface area is 160 Å². The number of carbonyl (C=O) groups is 2. The lowest BCUT2D eigenvalue weighted by Gasteiger charge is -2.24. The van der Waals surface area contributed by atoms with Crippen molar-refractivity contribution >= 4 is 29.2 Å². The summed E-state index contributed by atoms with van der Waals surface area (Å²) in [5.74, 6) is 1.45. The third kappa shape index (κ3) is 3.40. The Balaban J connectivity index is 1.49. The first-order valence-electron chi connectivity index (χ1n) is 8.69. The number of thioether (sulfide) groups is 1. The van der Waals surface area contributed by atoms with E-state index in [4.69, 9.17) is 0 Å². The van der Waals surface area contributed by atoms with Crippen LogP contribution < -0.4 is 5.32 Å². The zero-order valence-corrected chi connectivity index (χ0v) is 15.6. The van der Waals surface area contributed by atoms with Crippen LogP contribution in [0.15, 0.2) is 54.7 Å². The average molecular weight is 381 g/mol. The number of pyridine rings is 1. The van der Waals surface area contributed by atoms with E-state index in [1.54, 1.807) is 28.8 Å². The van der Waals surface area contributed by atoms with Gasteiger partial charge in [-0.15, -0.1) is 22.0 Å². The molecule has 1 saturated heterocycles. The van der Waals surface area contributed by atoms with Gasteiger partial charge in [0.2, 0.25) is 5.91 Å². The molecule has 138 valence electrons. The second-order valence-electron chi connectivity index (χ2n) is 6.37. The molecule has 3 heterocycles. The van der Waals surface area contributed by atoms with Crippen LogP contribution in [0.1, 0.15) is 29.1 Å². The Morgan fingerprint density at radius 1 is 1.15 bits per heavy atom. The molecule has 1 aliphatic rings. The number of carbonyl (C=O) groups excluding carboxylic acids is 2. The molecule has 0 aliphatic carbocycles. The number of hydrogen-bond donors (Lipinski definition) is 1. The number of aromatic nitrogens is 3. The molecule has 1 aliphatic heterocycles. The van der Waals surface area contributed by atoms with Gasteiger partial charge in [-0.2, -0.15) is 0 Å². The minimum atomic E-state index is -0.496. The van der Waals surface area contributed by atoms with Crippen molar-refractivity contribution in [2.45, 2.75) is 19.0 Å². The Bertz CT molecular complexity index is 974. The van der Waals surface area contributed by atoms with Crippen LogP contribution in [0.5, 0.6) is 0 Å². The van der Waals surface area contributed by atoms with Gasteiger partial charge in [-0.1, -0.05) is 24.3 Å². The quantitative estimate of drug-likeness (QED) is 0.749. The number of rotatable bonds is 4. The molecule has 0 bridgehead atoms. The molecule has 1 aromatic carbocycles. The fourth-order valence-electron chi connectivity index (χ4n) is 3.14. The van der Waals surface area contributed by atoms with Crippen molar-refractivity contribution in [3.05, 3.63) is 66.1 Å². The van der Waals surface area contributed by atoms with Gasteiger partial charge in [0.1, 0.15) is 6.04 Å². The van der Waals surface area contributed by atoms with Gasteiger partial charge in [0, 0.05) is 17.5 Å². The van der Waals surface area contributed by atoms with Crippen molar-refractivity contribution in [3.8, 4) is 0 Å². The standard InChI is InChI=1S/C19H19N5O2S/c1-13(17-22-21-16-9-5-6-10-23(16)17)20-18(25)15-11-27-12-24(15)19(26)14-7-3-2-4-8-14/h2-10,13,15H,11-12H2,1H3,(H,20,25). The van der Waals surface area contributed by atoms with Crippen LogP contribution in [0.25, 0.3) is 5.65 Å². The highest BCUT2D eigenvalue weighted by molar-refractivity contribution is 7.99. The molecule has 27 heavy (non-hydrogen) atoms. The van der Waals surface area contributed by atoms with E-state index in [2.05, 4.69) is 15.5 Å². The number of amides is 2. The molecular weight excluding hydrogens is 362 g/mol. The fraction of sp³-hybridized carbons (Fsp3) is 0.263. The molecule has 1 N–H and O–H groups in total. The summed E-state index contributed by atoms with van der Waals surface area (Å²) in [5.41, 5.74) is 1.32. The molecule has 2 amide bonds. The predicted octanol–water partition coefficient (Wildman–Crippen LogP) is 2.12. The smallest absolute Gasteiger partial charge is 0.255 e. The zero-order valence-electron chi connectivity index (χ0n) is 14.8. The van der Waals surface area contributed by atoms with Crippen LogP contribution in [0, 0.1) is 0 Å². The molecule has 4 rings (SSSR count). The summed E-state index contributed by atoms with van der Waals surface area (Å²) in [6.45, 7) is 1.87. The van der Waals surface area contributed by atoms with E-state index in [0.717, 1.165) is 5.65 Å². The highest BCUT2D eigenvalue weighted by Crippen LogP contribution is 2.24. The minimum Gasteiger partial charge on any atom is -0.345 e. The van der Waals surface area contributed by atoms with Crippen molar-refractivity contribution in [3.63, 3.8) is 0 Å². The Hall–Kier alpha value is -2.87. The monoisotopic (exact) mass is 381 g/mol. The molecule has 0 saturated carbocycles. The second-order valence-corrected chi connectivity index (χ2v) is 7.37. The van der Waals surface area contributed by atoms with E-state index >= 15 is 0 Å². The number of nitrogens with zero attached hydrogens (tertiary/aromatic N) is 4. The second kappa shape index (κ2) is 7.40. The molecule has 1 fully saturated rings. The van der Waals surface area contributed by atoms with E-state index < -0.39 is 6.04 Å². The van der Waals surface area contributed by atoms with E-state index in [-0.39, 0.29) is 17.9 Å². The Morgan fingerprint density at radius 2 is 1.93 bits per heavy atom. The summed E-state index contributed by atoms with van der Waals surface area (Å²) in [6.07, 6.45) is 1.87. The minimum absolute atomic E-state index is 0.124. The normalized spacial score (nSPS) is 17.8. The van der Waals surface area contributed by atoms with Crippen LogP contribution >= 0.6 is 11.8 Å². The molecule has 0 radical (unpaired) electrons. The summed E-state index contributed by atoms with van der Waals surface area (Å²) in [4.78, 5) is 27.2. The van der Waals surface area contributed by atoms with Crippen LogP contribution in [0.3, 0.4) is 0 Å². The predicted molar refractivity (Wildman–Crippen MR) is 103 cm³/mol. The third-order valence-electron chi connectivity index (χ3n) is 4.55. The highest BCUT2D eigenvalue weighted by atomic mass is 32.2. The average Bonchev–Trinajstić information content (AvgIpc) is 3.35. The lowest BCUT2D eigenvalue weighted by atomic mass is 10.1. The molecule has 8 heteroatoms. The first kappa shape index (κ1) is 17.5. The van der Waals surface area contributed by atoms with E-state index in [1.807, 2.05) is 53.9 Å². The molecule has 0 spiro atoms. The summed E-state index contributed by atoms with van der Waals surface area (Å²) < 4.78 is 1.85. The third-order valence-corrected chi connectivity index (χ3v) is 5.56. The van der Waals surface area contributed by atoms with Crippen LogP contribution in [0.2, 0.25) is 0 Å². The molecular formula is C19H19N5O2S. The van der Waals surface area contributed by atoms with Crippen LogP contribution in [-0.2, 0) is 4.79 Å². The maximum atomic E-state index is 12.9. The van der Waals surface area contributed by atoms with Crippen molar-refractivity contribution in [2.24, 2.45) is 0 Å². The van der Waals surface area contributed by atoms with Gasteiger partial charge >= 0.3 is 0 Å². The summed E-state index contributed by atoms with van der Waals surface area (Å²) in [5, 5.41) is 11.3. The van der Waals surface area contributed by atoms with Crippen LogP contribution in [-0.4, -0.2) is 49.0 Å². The lowest BCUT2D eigenvalue weighted by molar-refractivity contribution is -0.125. The fourth-order valence-corrected chi connectivity index (χ4v) is 4.29. The van der Waals surface area contributed by atoms with Gasteiger partial charge in [0.15, 0.2) is 11.5 Å². The van der Waals surface area contributed by atoms with Gasteiger partial charge < -0.3 is 10.2 Å². The number of nitrogens with one attached hydrogen (secondary N) is 1. The van der Waals surface area contributed by atoms with Gasteiger partial charge in [-0.3, -0.25) is 14.0 Å². The maximum absolute atomic E-state index is 12.9.